The van der Waals surface area contributed by atoms with Gasteiger partial charge in [-0.25, -0.2) is 0 Å². The standard InChI is InChI=1S/C11H22N4/c1-10(2)11-4-8-15(9-5-11)7-3-6-13-14-12/h10-11H,3-9H2,1-2H3. The van der Waals surface area contributed by atoms with Crippen molar-refractivity contribution < 1.29 is 0 Å². The first-order valence-corrected chi connectivity index (χ1v) is 5.97. The molecule has 0 aliphatic carbocycles. The van der Waals surface area contributed by atoms with Gasteiger partial charge >= 0.3 is 0 Å². The lowest BCUT2D eigenvalue weighted by Gasteiger charge is -2.33. The average molecular weight is 210 g/mol. The van der Waals surface area contributed by atoms with Crippen molar-refractivity contribution in [3.05, 3.63) is 10.4 Å². The molecule has 0 amide bonds. The van der Waals surface area contributed by atoms with Crippen molar-refractivity contribution in [3.63, 3.8) is 0 Å². The minimum atomic E-state index is 0.639. The number of nitrogens with zero attached hydrogens (tertiary/aromatic N) is 4. The number of hydrogen-bond donors (Lipinski definition) is 0. The van der Waals surface area contributed by atoms with Crippen LogP contribution in [0.25, 0.3) is 10.4 Å². The van der Waals surface area contributed by atoms with Crippen molar-refractivity contribution >= 4 is 0 Å². The molecule has 0 bridgehead atoms. The average Bonchev–Trinajstić information content (AvgIpc) is 2.25. The van der Waals surface area contributed by atoms with Crippen LogP contribution in [-0.4, -0.2) is 31.1 Å². The molecule has 0 aromatic rings. The molecule has 0 radical (unpaired) electrons. The molecular formula is C11H22N4. The summed E-state index contributed by atoms with van der Waals surface area (Å²) in [6.45, 7) is 8.81. The van der Waals surface area contributed by atoms with E-state index in [2.05, 4.69) is 28.8 Å². The van der Waals surface area contributed by atoms with E-state index in [1.54, 1.807) is 0 Å². The summed E-state index contributed by atoms with van der Waals surface area (Å²) < 4.78 is 0. The van der Waals surface area contributed by atoms with Crippen molar-refractivity contribution in [2.75, 3.05) is 26.2 Å². The second-order valence-electron chi connectivity index (χ2n) is 4.73. The molecule has 1 saturated heterocycles. The molecule has 0 unspecified atom stereocenters. The highest BCUT2D eigenvalue weighted by atomic mass is 15.1. The highest BCUT2D eigenvalue weighted by Gasteiger charge is 2.20. The number of likely N-dealkylation sites (tertiary alicyclic amines) is 1. The maximum Gasteiger partial charge on any atom is 0.0270 e. The Hall–Kier alpha value is -0.730. The number of hydrogen-bond acceptors (Lipinski definition) is 2. The third-order valence-corrected chi connectivity index (χ3v) is 3.37. The van der Waals surface area contributed by atoms with Crippen molar-refractivity contribution in [2.45, 2.75) is 33.1 Å². The van der Waals surface area contributed by atoms with Crippen LogP contribution >= 0.6 is 0 Å². The molecule has 1 aliphatic rings. The third kappa shape index (κ3) is 4.54. The monoisotopic (exact) mass is 210 g/mol. The molecular weight excluding hydrogens is 188 g/mol. The Labute approximate surface area is 92.3 Å². The molecule has 1 fully saturated rings. The van der Waals surface area contributed by atoms with Gasteiger partial charge in [0.15, 0.2) is 0 Å². The molecule has 0 aromatic carbocycles. The van der Waals surface area contributed by atoms with E-state index in [-0.39, 0.29) is 0 Å². The van der Waals surface area contributed by atoms with Gasteiger partial charge in [0.2, 0.25) is 0 Å². The van der Waals surface area contributed by atoms with Gasteiger partial charge in [-0.2, -0.15) is 0 Å². The Morgan fingerprint density at radius 3 is 2.60 bits per heavy atom. The normalized spacial score (nSPS) is 19.1. The van der Waals surface area contributed by atoms with Crippen LogP contribution in [0.1, 0.15) is 33.1 Å². The molecule has 86 valence electrons. The summed E-state index contributed by atoms with van der Waals surface area (Å²) in [5, 5.41) is 3.55. The molecule has 4 nitrogen and oxygen atoms in total. The summed E-state index contributed by atoms with van der Waals surface area (Å²) in [6.07, 6.45) is 3.66. The lowest BCUT2D eigenvalue weighted by atomic mass is 9.87. The van der Waals surface area contributed by atoms with Gasteiger partial charge in [-0.05, 0) is 56.3 Å². The zero-order chi connectivity index (χ0) is 11.1. The largest absolute Gasteiger partial charge is 0.303 e. The zero-order valence-corrected chi connectivity index (χ0v) is 9.89. The maximum absolute atomic E-state index is 8.14. The van der Waals surface area contributed by atoms with E-state index in [1.807, 2.05) is 0 Å². The van der Waals surface area contributed by atoms with Gasteiger partial charge in [0.1, 0.15) is 0 Å². The van der Waals surface area contributed by atoms with Gasteiger partial charge in [0, 0.05) is 11.5 Å². The van der Waals surface area contributed by atoms with Crippen molar-refractivity contribution in [3.8, 4) is 0 Å². The third-order valence-electron chi connectivity index (χ3n) is 3.37. The minimum Gasteiger partial charge on any atom is -0.303 e. The van der Waals surface area contributed by atoms with Crippen LogP contribution in [0.2, 0.25) is 0 Å². The Morgan fingerprint density at radius 2 is 2.07 bits per heavy atom. The molecule has 0 spiro atoms. The fourth-order valence-electron chi connectivity index (χ4n) is 2.25. The Kier molecular flexibility index (Phi) is 5.51. The summed E-state index contributed by atoms with van der Waals surface area (Å²) in [7, 11) is 0. The molecule has 0 N–H and O–H groups in total. The lowest BCUT2D eigenvalue weighted by molar-refractivity contribution is 0.157. The van der Waals surface area contributed by atoms with Gasteiger partial charge < -0.3 is 4.90 Å². The summed E-state index contributed by atoms with van der Waals surface area (Å²) in [6, 6.07) is 0. The molecule has 4 heteroatoms. The molecule has 1 aliphatic heterocycles. The molecule has 0 saturated carbocycles. The van der Waals surface area contributed by atoms with Crippen molar-refractivity contribution in [1.29, 1.82) is 0 Å². The quantitative estimate of drug-likeness (QED) is 0.298. The lowest BCUT2D eigenvalue weighted by Crippen LogP contribution is -2.36. The summed E-state index contributed by atoms with van der Waals surface area (Å²) in [4.78, 5) is 5.25. The highest BCUT2D eigenvalue weighted by Crippen LogP contribution is 2.24. The first-order chi connectivity index (χ1) is 7.24. The summed E-state index contributed by atoms with van der Waals surface area (Å²) in [5.74, 6) is 1.74. The van der Waals surface area contributed by atoms with E-state index in [9.17, 15) is 0 Å². The van der Waals surface area contributed by atoms with Crippen LogP contribution in [0.5, 0.6) is 0 Å². The molecule has 0 aromatic heterocycles. The van der Waals surface area contributed by atoms with Gasteiger partial charge in [0.05, 0.1) is 0 Å². The van der Waals surface area contributed by atoms with Gasteiger partial charge in [-0.15, -0.1) is 0 Å². The van der Waals surface area contributed by atoms with Gasteiger partial charge in [-0.3, -0.25) is 0 Å². The van der Waals surface area contributed by atoms with E-state index < -0.39 is 0 Å². The number of azide groups is 1. The second-order valence-corrected chi connectivity index (χ2v) is 4.73. The van der Waals surface area contributed by atoms with E-state index >= 15 is 0 Å². The van der Waals surface area contributed by atoms with Crippen LogP contribution in [0.15, 0.2) is 5.11 Å². The SMILES string of the molecule is CC(C)C1CCN(CCCN=[N+]=[N-])CC1. The number of piperidine rings is 1. The number of rotatable bonds is 5. The minimum absolute atomic E-state index is 0.639. The smallest absolute Gasteiger partial charge is 0.0270 e. The van der Waals surface area contributed by atoms with Crippen molar-refractivity contribution in [2.24, 2.45) is 17.0 Å². The predicted molar refractivity (Wildman–Crippen MR) is 62.6 cm³/mol. The second kappa shape index (κ2) is 6.70. The van der Waals surface area contributed by atoms with Crippen molar-refractivity contribution in [1.82, 2.24) is 4.90 Å². The molecule has 15 heavy (non-hydrogen) atoms. The summed E-state index contributed by atoms with van der Waals surface area (Å²) in [5.41, 5.74) is 8.14. The fourth-order valence-corrected chi connectivity index (χ4v) is 2.25. The molecule has 1 rings (SSSR count). The molecule has 1 heterocycles. The van der Waals surface area contributed by atoms with Crippen LogP contribution in [0, 0.1) is 11.8 Å². The van der Waals surface area contributed by atoms with Crippen LogP contribution in [-0.2, 0) is 0 Å². The topological polar surface area (TPSA) is 52.0 Å². The zero-order valence-electron chi connectivity index (χ0n) is 9.89. The van der Waals surface area contributed by atoms with Crippen LogP contribution in [0.4, 0.5) is 0 Å². The van der Waals surface area contributed by atoms with E-state index in [1.165, 1.54) is 25.9 Å². The van der Waals surface area contributed by atoms with Crippen LogP contribution in [0.3, 0.4) is 0 Å². The Bertz CT molecular complexity index is 213. The predicted octanol–water partition coefficient (Wildman–Crippen LogP) is 3.05. The van der Waals surface area contributed by atoms with E-state index in [4.69, 9.17) is 5.53 Å². The first-order valence-electron chi connectivity index (χ1n) is 5.97. The van der Waals surface area contributed by atoms with E-state index in [0.29, 0.717) is 6.54 Å². The summed E-state index contributed by atoms with van der Waals surface area (Å²) >= 11 is 0. The Morgan fingerprint density at radius 1 is 1.40 bits per heavy atom. The van der Waals surface area contributed by atoms with E-state index in [0.717, 1.165) is 24.8 Å². The van der Waals surface area contributed by atoms with Crippen LogP contribution < -0.4 is 0 Å². The fraction of sp³-hybridized carbons (Fsp3) is 1.00. The first kappa shape index (κ1) is 12.3. The van der Waals surface area contributed by atoms with Gasteiger partial charge in [-0.1, -0.05) is 19.0 Å². The molecule has 0 atom stereocenters. The highest BCUT2D eigenvalue weighted by molar-refractivity contribution is 4.74. The Balaban J connectivity index is 2.12. The van der Waals surface area contributed by atoms with Gasteiger partial charge in [0.25, 0.3) is 0 Å². The maximum atomic E-state index is 8.14.